The molecule has 0 aliphatic heterocycles. The number of carboxylic acids is 1. The second-order valence-corrected chi connectivity index (χ2v) is 7.86. The molecule has 0 saturated carbocycles. The fourth-order valence-electron chi connectivity index (χ4n) is 4.28. The van der Waals surface area contributed by atoms with Gasteiger partial charge >= 0.3 is 12.1 Å². The molecule has 1 atom stereocenters. The van der Waals surface area contributed by atoms with Gasteiger partial charge in [0.15, 0.2) is 0 Å². The highest BCUT2D eigenvalue weighted by molar-refractivity contribution is 5.79. The molecule has 1 N–H and O–H groups in total. The molecule has 0 radical (unpaired) electrons. The number of carbonyl (C=O) groups excluding carboxylic acids is 1. The molecule has 1 aliphatic rings. The predicted molar refractivity (Wildman–Crippen MR) is 119 cm³/mol. The Balaban J connectivity index is 1.47. The molecule has 158 valence electrons. The maximum absolute atomic E-state index is 12.8. The van der Waals surface area contributed by atoms with Crippen molar-refractivity contribution in [2.24, 2.45) is 0 Å². The average Bonchev–Trinajstić information content (AvgIpc) is 3.11. The Hall–Kier alpha value is -3.60. The van der Waals surface area contributed by atoms with E-state index in [1.807, 2.05) is 54.6 Å². The van der Waals surface area contributed by atoms with Crippen LogP contribution in [0.15, 0.2) is 78.9 Å². The first-order chi connectivity index (χ1) is 15.0. The number of nitrogens with zero attached hydrogens (tertiary/aromatic N) is 1. The largest absolute Gasteiger partial charge is 0.481 e. The third-order valence-electron chi connectivity index (χ3n) is 5.90. The molecule has 3 aromatic carbocycles. The van der Waals surface area contributed by atoms with Crippen LogP contribution >= 0.6 is 0 Å². The van der Waals surface area contributed by atoms with Crippen LogP contribution in [-0.2, 0) is 16.0 Å². The Bertz CT molecular complexity index is 1030. The fourth-order valence-corrected chi connectivity index (χ4v) is 4.28. The quantitative estimate of drug-likeness (QED) is 0.593. The second-order valence-electron chi connectivity index (χ2n) is 7.86. The summed E-state index contributed by atoms with van der Waals surface area (Å²) in [4.78, 5) is 25.6. The van der Waals surface area contributed by atoms with E-state index >= 15 is 0 Å². The lowest BCUT2D eigenvalue weighted by molar-refractivity contribution is -0.138. The zero-order valence-electron chi connectivity index (χ0n) is 17.4. The van der Waals surface area contributed by atoms with Crippen LogP contribution in [0, 0.1) is 0 Å². The van der Waals surface area contributed by atoms with Crippen molar-refractivity contribution in [2.75, 3.05) is 13.7 Å². The van der Waals surface area contributed by atoms with Crippen molar-refractivity contribution in [3.8, 4) is 11.1 Å². The van der Waals surface area contributed by atoms with Gasteiger partial charge in [-0.15, -0.1) is 0 Å². The highest BCUT2D eigenvalue weighted by atomic mass is 16.6. The molecule has 1 amide bonds. The van der Waals surface area contributed by atoms with Crippen LogP contribution < -0.4 is 0 Å². The average molecular weight is 415 g/mol. The zero-order valence-corrected chi connectivity index (χ0v) is 17.4. The van der Waals surface area contributed by atoms with Gasteiger partial charge in [-0.3, -0.25) is 4.79 Å². The summed E-state index contributed by atoms with van der Waals surface area (Å²) in [6.07, 6.45) is -0.201. The molecule has 5 nitrogen and oxygen atoms in total. The van der Waals surface area contributed by atoms with Crippen molar-refractivity contribution >= 4 is 12.1 Å². The minimum absolute atomic E-state index is 0.0307. The first kappa shape index (κ1) is 20.7. The lowest BCUT2D eigenvalue weighted by Gasteiger charge is -2.27. The number of rotatable bonds is 7. The van der Waals surface area contributed by atoms with Gasteiger partial charge in [-0.1, -0.05) is 78.9 Å². The lowest BCUT2D eigenvalue weighted by Crippen LogP contribution is -2.40. The van der Waals surface area contributed by atoms with Gasteiger partial charge < -0.3 is 14.7 Å². The third kappa shape index (κ3) is 4.45. The number of carboxylic acid groups (broad SMARTS) is 1. The Morgan fingerprint density at radius 2 is 1.45 bits per heavy atom. The van der Waals surface area contributed by atoms with E-state index in [0.29, 0.717) is 6.42 Å². The summed E-state index contributed by atoms with van der Waals surface area (Å²) in [6.45, 7) is 0.211. The highest BCUT2D eigenvalue weighted by Gasteiger charge is 2.30. The van der Waals surface area contributed by atoms with Crippen LogP contribution in [0.1, 0.15) is 29.0 Å². The van der Waals surface area contributed by atoms with E-state index in [0.717, 1.165) is 16.7 Å². The van der Waals surface area contributed by atoms with E-state index in [-0.39, 0.29) is 18.9 Å². The molecule has 31 heavy (non-hydrogen) atoms. The first-order valence-electron chi connectivity index (χ1n) is 10.4. The number of hydrogen-bond donors (Lipinski definition) is 1. The van der Waals surface area contributed by atoms with E-state index in [1.165, 1.54) is 16.0 Å². The molecular formula is C26H25NO4. The van der Waals surface area contributed by atoms with Crippen LogP contribution in [0.25, 0.3) is 11.1 Å². The van der Waals surface area contributed by atoms with Gasteiger partial charge in [-0.05, 0) is 34.2 Å². The molecule has 0 spiro atoms. The molecule has 0 fully saturated rings. The summed E-state index contributed by atoms with van der Waals surface area (Å²) in [5.74, 6) is -0.976. The number of aliphatic carboxylic acids is 1. The van der Waals surface area contributed by atoms with Gasteiger partial charge in [0, 0.05) is 19.0 Å². The minimum atomic E-state index is -0.945. The maximum atomic E-state index is 12.8. The smallest absolute Gasteiger partial charge is 0.409 e. The van der Waals surface area contributed by atoms with Crippen molar-refractivity contribution < 1.29 is 19.4 Å². The van der Waals surface area contributed by atoms with E-state index in [2.05, 4.69) is 24.3 Å². The number of likely N-dealkylation sites (N-methyl/N-ethyl adjacent to an activating group) is 1. The molecule has 0 aromatic heterocycles. The Morgan fingerprint density at radius 3 is 2.03 bits per heavy atom. The molecule has 3 aromatic rings. The topological polar surface area (TPSA) is 66.8 Å². The van der Waals surface area contributed by atoms with E-state index in [4.69, 9.17) is 4.74 Å². The summed E-state index contributed by atoms with van der Waals surface area (Å²) in [5, 5.41) is 9.33. The van der Waals surface area contributed by atoms with Gasteiger partial charge in [0.1, 0.15) is 6.61 Å². The van der Waals surface area contributed by atoms with Gasteiger partial charge in [0.2, 0.25) is 0 Å². The van der Waals surface area contributed by atoms with Gasteiger partial charge in [-0.2, -0.15) is 0 Å². The predicted octanol–water partition coefficient (Wildman–Crippen LogP) is 4.95. The Kier molecular flexibility index (Phi) is 6.03. The monoisotopic (exact) mass is 415 g/mol. The Morgan fingerprint density at radius 1 is 0.903 bits per heavy atom. The van der Waals surface area contributed by atoms with Crippen LogP contribution in [-0.4, -0.2) is 41.8 Å². The van der Waals surface area contributed by atoms with E-state index in [1.54, 1.807) is 7.05 Å². The number of fused-ring (bicyclic) bond motifs is 3. The summed E-state index contributed by atoms with van der Waals surface area (Å²) < 4.78 is 5.70. The standard InChI is InChI=1S/C26H25NO4/c1-27(19(16-25(28)29)15-18-9-3-2-4-10-18)26(30)31-17-24-22-13-7-5-11-20(22)21-12-6-8-14-23(21)24/h2-14,19,24H,15-17H2,1H3,(H,28,29)/t19-/m0/s1. The number of hydrogen-bond acceptors (Lipinski definition) is 3. The first-order valence-corrected chi connectivity index (χ1v) is 10.4. The van der Waals surface area contributed by atoms with Crippen molar-refractivity contribution in [3.05, 3.63) is 95.6 Å². The summed E-state index contributed by atoms with van der Waals surface area (Å²) in [7, 11) is 1.61. The molecule has 1 aliphatic carbocycles. The summed E-state index contributed by atoms with van der Waals surface area (Å²) in [6, 6.07) is 25.4. The molecular weight excluding hydrogens is 390 g/mol. The third-order valence-corrected chi connectivity index (χ3v) is 5.90. The SMILES string of the molecule is CN(C(=O)OCC1c2ccccc2-c2ccccc21)[C@H](CC(=O)O)Cc1ccccc1. The molecule has 4 rings (SSSR count). The molecule has 0 unspecified atom stereocenters. The lowest BCUT2D eigenvalue weighted by atomic mass is 9.98. The normalized spacial score (nSPS) is 13.2. The van der Waals surface area contributed by atoms with Crippen LogP contribution in [0.4, 0.5) is 4.79 Å². The number of benzene rings is 3. The van der Waals surface area contributed by atoms with E-state index in [9.17, 15) is 14.7 Å². The van der Waals surface area contributed by atoms with Crippen molar-refractivity contribution in [1.82, 2.24) is 4.90 Å². The number of carbonyl (C=O) groups is 2. The number of ether oxygens (including phenoxy) is 1. The van der Waals surface area contributed by atoms with Crippen LogP contribution in [0.5, 0.6) is 0 Å². The summed E-state index contributed by atoms with van der Waals surface area (Å²) >= 11 is 0. The molecule has 0 saturated heterocycles. The van der Waals surface area contributed by atoms with Crippen LogP contribution in [0.3, 0.4) is 0 Å². The minimum Gasteiger partial charge on any atom is -0.481 e. The van der Waals surface area contributed by atoms with Gasteiger partial charge in [-0.25, -0.2) is 4.79 Å². The fraction of sp³-hybridized carbons (Fsp3) is 0.231. The Labute approximate surface area is 181 Å². The van der Waals surface area contributed by atoms with Crippen molar-refractivity contribution in [3.63, 3.8) is 0 Å². The van der Waals surface area contributed by atoms with E-state index < -0.39 is 18.1 Å². The maximum Gasteiger partial charge on any atom is 0.409 e. The molecule has 5 heteroatoms. The van der Waals surface area contributed by atoms with Crippen LogP contribution in [0.2, 0.25) is 0 Å². The summed E-state index contributed by atoms with van der Waals surface area (Å²) in [5.41, 5.74) is 5.60. The number of amides is 1. The molecule has 0 bridgehead atoms. The van der Waals surface area contributed by atoms with Crippen molar-refractivity contribution in [1.29, 1.82) is 0 Å². The highest BCUT2D eigenvalue weighted by Crippen LogP contribution is 2.44. The second kappa shape index (κ2) is 9.04. The van der Waals surface area contributed by atoms with Gasteiger partial charge in [0.25, 0.3) is 0 Å². The zero-order chi connectivity index (χ0) is 21.8. The molecule has 0 heterocycles. The van der Waals surface area contributed by atoms with Crippen molar-refractivity contribution in [2.45, 2.75) is 24.8 Å². The van der Waals surface area contributed by atoms with Gasteiger partial charge in [0.05, 0.1) is 6.42 Å².